The Balaban J connectivity index is 1.31. The van der Waals surface area contributed by atoms with Crippen molar-refractivity contribution in [2.24, 2.45) is 0 Å². The molecule has 0 saturated carbocycles. The van der Waals surface area contributed by atoms with Gasteiger partial charge in [-0.1, -0.05) is 136 Å². The van der Waals surface area contributed by atoms with Gasteiger partial charge in [-0.15, -0.1) is 0 Å². The van der Waals surface area contributed by atoms with E-state index in [-0.39, 0.29) is 12.4 Å². The molecule has 0 spiro atoms. The van der Waals surface area contributed by atoms with E-state index in [0.717, 1.165) is 30.4 Å². The predicted molar refractivity (Wildman–Crippen MR) is 219 cm³/mol. The van der Waals surface area contributed by atoms with E-state index in [0.29, 0.717) is 29.2 Å². The Bertz CT molecular complexity index is 2020. The number of carbonyl (C=O) groups is 1. The molecule has 2 heterocycles. The van der Waals surface area contributed by atoms with Crippen LogP contribution >= 0.6 is 0 Å². The molecule has 5 aromatic rings. The van der Waals surface area contributed by atoms with Gasteiger partial charge in [0.1, 0.15) is 29.7 Å². The van der Waals surface area contributed by atoms with E-state index in [1.54, 1.807) is 38.5 Å². The van der Waals surface area contributed by atoms with E-state index in [1.165, 1.54) is 42.5 Å². The van der Waals surface area contributed by atoms with Crippen molar-refractivity contribution in [3.8, 4) is 11.5 Å². The standard InChI is InChI=1S/C46H53N3O8/c1-4-5-6-7-8-9-19-31-55-42-40(50)38(57-44(42)49-30-29-39(48-45(49)52)47-43(51)33-21-13-10-14-22-33)32-56-46(34-23-15-11-16-24-34,35-25-17-12-18-26-35)36-27-20-28-37(53-2)41(36)54-3/h10-18,20-30,38,40,42,44,50H,4-9,19,31-32H2,1-3H3,(H,47,48,51,52)/t38-,40-,42-,44-/m1/s1. The highest BCUT2D eigenvalue weighted by Crippen LogP contribution is 2.48. The molecule has 1 fully saturated rings. The number of carbonyl (C=O) groups excluding carboxylic acids is 1. The maximum Gasteiger partial charge on any atom is 0.351 e. The number of aliphatic hydroxyl groups excluding tert-OH is 1. The first kappa shape index (κ1) is 41.3. The smallest absolute Gasteiger partial charge is 0.351 e. The van der Waals surface area contributed by atoms with Crippen molar-refractivity contribution in [2.75, 3.05) is 32.8 Å². The minimum atomic E-state index is -1.26. The SMILES string of the molecule is CCCCCCCCCO[C@@H]1[C@H](O)[C@@H](COC(c2ccccc2)(c2ccccc2)c2cccc(OC)c2OC)O[C@H]1n1ccc(NC(=O)c2ccccc2)nc1=O. The van der Waals surface area contributed by atoms with Gasteiger partial charge in [-0.05, 0) is 41.8 Å². The molecular weight excluding hydrogens is 723 g/mol. The fourth-order valence-electron chi connectivity index (χ4n) is 7.43. The highest BCUT2D eigenvalue weighted by atomic mass is 16.6. The zero-order valence-electron chi connectivity index (χ0n) is 32.9. The van der Waals surface area contributed by atoms with Crippen LogP contribution in [0.1, 0.15) is 85.1 Å². The molecule has 4 aromatic carbocycles. The highest BCUT2D eigenvalue weighted by Gasteiger charge is 2.48. The molecule has 6 rings (SSSR count). The lowest BCUT2D eigenvalue weighted by Gasteiger charge is -2.38. The van der Waals surface area contributed by atoms with Crippen LogP contribution in [0.3, 0.4) is 0 Å². The van der Waals surface area contributed by atoms with Crippen LogP contribution in [0.15, 0.2) is 126 Å². The maximum atomic E-state index is 13.6. The van der Waals surface area contributed by atoms with E-state index in [1.807, 2.05) is 84.9 Å². The topological polar surface area (TPSA) is 130 Å². The maximum absolute atomic E-state index is 13.6. The van der Waals surface area contributed by atoms with E-state index >= 15 is 0 Å². The number of anilines is 1. The molecule has 11 nitrogen and oxygen atoms in total. The second-order valence-corrected chi connectivity index (χ2v) is 14.1. The van der Waals surface area contributed by atoms with Crippen LogP contribution < -0.4 is 20.5 Å². The number of amides is 1. The molecule has 1 aromatic heterocycles. The fourth-order valence-corrected chi connectivity index (χ4v) is 7.43. The number of aromatic nitrogens is 2. The zero-order valence-corrected chi connectivity index (χ0v) is 32.9. The summed E-state index contributed by atoms with van der Waals surface area (Å²) < 4.78 is 33.1. The van der Waals surface area contributed by atoms with Crippen LogP contribution in [0.5, 0.6) is 11.5 Å². The van der Waals surface area contributed by atoms with Gasteiger partial charge in [-0.3, -0.25) is 9.36 Å². The molecule has 4 atom stereocenters. The summed E-state index contributed by atoms with van der Waals surface area (Å²) in [6, 6.07) is 35.4. The van der Waals surface area contributed by atoms with Crippen molar-refractivity contribution in [1.29, 1.82) is 0 Å². The third-order valence-corrected chi connectivity index (χ3v) is 10.4. The lowest BCUT2D eigenvalue weighted by Crippen LogP contribution is -2.41. The van der Waals surface area contributed by atoms with Gasteiger partial charge in [0.2, 0.25) is 0 Å². The normalized spacial score (nSPS) is 18.0. The monoisotopic (exact) mass is 775 g/mol. The minimum Gasteiger partial charge on any atom is -0.493 e. The number of aliphatic hydroxyl groups is 1. The molecule has 0 unspecified atom stereocenters. The Morgan fingerprint density at radius 3 is 2.05 bits per heavy atom. The quantitative estimate of drug-likeness (QED) is 0.0599. The Morgan fingerprint density at radius 1 is 0.807 bits per heavy atom. The van der Waals surface area contributed by atoms with Gasteiger partial charge in [-0.25, -0.2) is 4.79 Å². The average Bonchev–Trinajstić information content (AvgIpc) is 3.56. The van der Waals surface area contributed by atoms with Crippen molar-refractivity contribution in [3.63, 3.8) is 0 Å². The number of nitrogens with one attached hydrogen (secondary N) is 1. The van der Waals surface area contributed by atoms with E-state index < -0.39 is 41.7 Å². The van der Waals surface area contributed by atoms with Gasteiger partial charge in [0.05, 0.1) is 20.8 Å². The number of para-hydroxylation sites is 1. The molecule has 1 amide bonds. The number of rotatable bonds is 20. The third kappa shape index (κ3) is 9.62. The largest absolute Gasteiger partial charge is 0.493 e. The molecule has 11 heteroatoms. The summed E-state index contributed by atoms with van der Waals surface area (Å²) in [7, 11) is 3.18. The van der Waals surface area contributed by atoms with Crippen molar-refractivity contribution in [2.45, 2.75) is 82.0 Å². The summed E-state index contributed by atoms with van der Waals surface area (Å²) in [6.07, 6.45) is 5.11. The van der Waals surface area contributed by atoms with Gasteiger partial charge < -0.3 is 34.1 Å². The van der Waals surface area contributed by atoms with Gasteiger partial charge >= 0.3 is 5.69 Å². The second kappa shape index (κ2) is 20.2. The fraction of sp³-hybridized carbons (Fsp3) is 0.370. The summed E-state index contributed by atoms with van der Waals surface area (Å²) in [5, 5.41) is 14.7. The number of hydrogen-bond donors (Lipinski definition) is 2. The molecule has 1 aliphatic rings. The van der Waals surface area contributed by atoms with Crippen molar-refractivity contribution < 1.29 is 33.6 Å². The van der Waals surface area contributed by atoms with Crippen molar-refractivity contribution in [3.05, 3.63) is 154 Å². The molecule has 57 heavy (non-hydrogen) atoms. The van der Waals surface area contributed by atoms with Crippen molar-refractivity contribution >= 4 is 11.7 Å². The number of ether oxygens (including phenoxy) is 5. The number of methoxy groups -OCH3 is 2. The molecular formula is C46H53N3O8. The summed E-state index contributed by atoms with van der Waals surface area (Å²) in [5.41, 5.74) is 0.814. The number of hydrogen-bond acceptors (Lipinski definition) is 9. The average molecular weight is 776 g/mol. The van der Waals surface area contributed by atoms with E-state index in [4.69, 9.17) is 23.7 Å². The van der Waals surface area contributed by atoms with Crippen LogP contribution in [0.2, 0.25) is 0 Å². The molecule has 1 saturated heterocycles. The van der Waals surface area contributed by atoms with E-state index in [9.17, 15) is 14.7 Å². The van der Waals surface area contributed by atoms with Gasteiger partial charge in [-0.2, -0.15) is 4.98 Å². The first-order valence-corrected chi connectivity index (χ1v) is 19.8. The van der Waals surface area contributed by atoms with Crippen LogP contribution in [0.4, 0.5) is 5.82 Å². The number of unbranched alkanes of at least 4 members (excludes halogenated alkanes) is 6. The second-order valence-electron chi connectivity index (χ2n) is 14.1. The molecule has 300 valence electrons. The molecule has 0 radical (unpaired) electrons. The van der Waals surface area contributed by atoms with Gasteiger partial charge in [0, 0.05) is 23.9 Å². The molecule has 0 aliphatic carbocycles. The predicted octanol–water partition coefficient (Wildman–Crippen LogP) is 7.92. The summed E-state index contributed by atoms with van der Waals surface area (Å²) in [4.78, 5) is 30.6. The Labute approximate surface area is 334 Å². The van der Waals surface area contributed by atoms with Crippen LogP contribution in [-0.2, 0) is 19.8 Å². The van der Waals surface area contributed by atoms with Crippen molar-refractivity contribution in [1.82, 2.24) is 9.55 Å². The lowest BCUT2D eigenvalue weighted by molar-refractivity contribution is -0.0985. The summed E-state index contributed by atoms with van der Waals surface area (Å²) >= 11 is 0. The van der Waals surface area contributed by atoms with Crippen LogP contribution in [0, 0.1) is 0 Å². The highest BCUT2D eigenvalue weighted by molar-refractivity contribution is 6.03. The number of nitrogens with zero attached hydrogens (tertiary/aromatic N) is 2. The van der Waals surface area contributed by atoms with Crippen LogP contribution in [-0.4, -0.2) is 66.3 Å². The van der Waals surface area contributed by atoms with E-state index in [2.05, 4.69) is 17.2 Å². The Morgan fingerprint density at radius 2 is 1.44 bits per heavy atom. The molecule has 2 N–H and O–H groups in total. The first-order valence-electron chi connectivity index (χ1n) is 19.8. The first-order chi connectivity index (χ1) is 27.9. The Kier molecular flexibility index (Phi) is 14.6. The third-order valence-electron chi connectivity index (χ3n) is 10.4. The van der Waals surface area contributed by atoms with Gasteiger partial charge in [0.15, 0.2) is 17.7 Å². The summed E-state index contributed by atoms with van der Waals surface area (Å²) in [5.74, 6) is 0.716. The summed E-state index contributed by atoms with van der Waals surface area (Å²) in [6.45, 7) is 2.47. The van der Waals surface area contributed by atoms with Crippen LogP contribution in [0.25, 0.3) is 0 Å². The Hall–Kier alpha value is -5.33. The van der Waals surface area contributed by atoms with Gasteiger partial charge in [0.25, 0.3) is 5.91 Å². The molecule has 0 bridgehead atoms. The zero-order chi connectivity index (χ0) is 40.0. The minimum absolute atomic E-state index is 0.0896. The lowest BCUT2D eigenvalue weighted by atomic mass is 9.79. The molecule has 1 aliphatic heterocycles. The number of benzene rings is 4.